The molecule has 1 aromatic carbocycles. The highest BCUT2D eigenvalue weighted by molar-refractivity contribution is 7.93. The average Bonchev–Trinajstić information content (AvgIpc) is 3.26. The monoisotopic (exact) mass is 479 g/mol. The number of halogens is 2. The zero-order chi connectivity index (χ0) is 24.3. The Kier molecular flexibility index (Phi) is 5.50. The van der Waals surface area contributed by atoms with Gasteiger partial charge in [0.25, 0.3) is 5.56 Å². The molecule has 1 aliphatic rings. The van der Waals surface area contributed by atoms with Crippen LogP contribution in [-0.2, 0) is 24.1 Å². The van der Waals surface area contributed by atoms with Crippen LogP contribution in [0.15, 0.2) is 41.5 Å². The second-order valence-electron chi connectivity index (χ2n) is 8.77. The van der Waals surface area contributed by atoms with E-state index in [1.54, 1.807) is 35.6 Å². The molecule has 2 heterocycles. The fourth-order valence-electron chi connectivity index (χ4n) is 4.39. The molecule has 2 aromatic heterocycles. The zero-order valence-electron chi connectivity index (χ0n) is 19.2. The lowest BCUT2D eigenvalue weighted by Crippen LogP contribution is -2.48. The van der Waals surface area contributed by atoms with Crippen LogP contribution in [0, 0.1) is 12.8 Å². The van der Waals surface area contributed by atoms with E-state index in [2.05, 4.69) is 5.10 Å². The van der Waals surface area contributed by atoms with Crippen LogP contribution >= 0.6 is 0 Å². The first-order chi connectivity index (χ1) is 15.3. The number of rotatable bonds is 6. The van der Waals surface area contributed by atoms with Gasteiger partial charge in [-0.05, 0) is 37.5 Å². The summed E-state index contributed by atoms with van der Waals surface area (Å²) >= 11 is 0. The molecule has 1 saturated carbocycles. The van der Waals surface area contributed by atoms with Crippen molar-refractivity contribution in [2.75, 3.05) is 11.4 Å². The summed E-state index contributed by atoms with van der Waals surface area (Å²) < 4.78 is 58.6. The third-order valence-corrected chi connectivity index (χ3v) is 8.87. The number of hydrogen-bond donors (Lipinski definition) is 0. The average molecular weight is 480 g/mol. The summed E-state index contributed by atoms with van der Waals surface area (Å²) in [4.78, 5) is 13.4. The lowest BCUT2D eigenvalue weighted by atomic mass is 9.79. The van der Waals surface area contributed by atoms with E-state index in [9.17, 15) is 22.0 Å². The first-order valence-corrected chi connectivity index (χ1v) is 12.1. The molecule has 0 amide bonds. The molecular formula is C22H27F2N5O3S. The molecule has 33 heavy (non-hydrogen) atoms. The highest BCUT2D eigenvalue weighted by Gasteiger charge is 2.51. The minimum Gasteiger partial charge on any atom is -0.283 e. The van der Waals surface area contributed by atoms with E-state index in [0.717, 1.165) is 15.4 Å². The van der Waals surface area contributed by atoms with Gasteiger partial charge in [0.2, 0.25) is 15.9 Å². The van der Waals surface area contributed by atoms with Crippen molar-refractivity contribution >= 4 is 15.7 Å². The highest BCUT2D eigenvalue weighted by Crippen LogP contribution is 2.46. The summed E-state index contributed by atoms with van der Waals surface area (Å²) in [6.07, 6.45) is 2.66. The Morgan fingerprint density at radius 3 is 2.45 bits per heavy atom. The Morgan fingerprint density at radius 2 is 1.88 bits per heavy atom. The van der Waals surface area contributed by atoms with Crippen molar-refractivity contribution in [1.29, 1.82) is 0 Å². The van der Waals surface area contributed by atoms with Crippen LogP contribution in [0.4, 0.5) is 14.5 Å². The van der Waals surface area contributed by atoms with Gasteiger partial charge < -0.3 is 0 Å². The van der Waals surface area contributed by atoms with Gasteiger partial charge in [-0.15, -0.1) is 0 Å². The van der Waals surface area contributed by atoms with Gasteiger partial charge in [-0.2, -0.15) is 5.10 Å². The number of benzene rings is 1. The minimum absolute atomic E-state index is 0.00205. The molecule has 1 atom stereocenters. The standard InChI is InChI=1S/C22H27F2N5O3S/c1-14-20(28(5)33(31,32)15(2)17-10-22(23,24)11-17)21(30)29(27(14)4)19-8-6-7-16(9-19)18-12-25-26(3)13-18/h6-9,12-13,15,17H,10-11H2,1-5H3. The molecule has 178 valence electrons. The Balaban J connectivity index is 1.73. The predicted molar refractivity (Wildman–Crippen MR) is 122 cm³/mol. The number of sulfonamides is 1. The SMILES string of the molecule is Cc1c(N(C)S(=O)(=O)C(C)C2CC(F)(F)C2)c(=O)n(-c2cccc(-c3cnn(C)c3)c2)n1C. The van der Waals surface area contributed by atoms with Crippen LogP contribution in [-0.4, -0.2) is 45.8 Å². The number of nitrogens with zero attached hydrogens (tertiary/aromatic N) is 5. The molecule has 1 fully saturated rings. The highest BCUT2D eigenvalue weighted by atomic mass is 32.2. The van der Waals surface area contributed by atoms with Crippen molar-refractivity contribution in [1.82, 2.24) is 19.1 Å². The van der Waals surface area contributed by atoms with Crippen molar-refractivity contribution in [2.24, 2.45) is 20.0 Å². The number of alkyl halides is 2. The summed E-state index contributed by atoms with van der Waals surface area (Å²) in [5.74, 6) is -3.46. The first kappa shape index (κ1) is 23.2. The van der Waals surface area contributed by atoms with Crippen molar-refractivity contribution in [3.8, 4) is 16.8 Å². The summed E-state index contributed by atoms with van der Waals surface area (Å²) in [7, 11) is 0.775. The minimum atomic E-state index is -4.02. The van der Waals surface area contributed by atoms with Crippen LogP contribution in [0.2, 0.25) is 0 Å². The van der Waals surface area contributed by atoms with Crippen LogP contribution in [0.5, 0.6) is 0 Å². The molecule has 0 N–H and O–H groups in total. The van der Waals surface area contributed by atoms with Crippen molar-refractivity contribution in [3.05, 3.63) is 52.7 Å². The molecule has 0 spiro atoms. The number of hydrogen-bond acceptors (Lipinski definition) is 4. The van der Waals surface area contributed by atoms with Gasteiger partial charge in [0.05, 0.1) is 22.8 Å². The molecule has 1 unspecified atom stereocenters. The van der Waals surface area contributed by atoms with Gasteiger partial charge >= 0.3 is 0 Å². The summed E-state index contributed by atoms with van der Waals surface area (Å²) in [5.41, 5.74) is 2.25. The Labute approximate surface area is 191 Å². The zero-order valence-corrected chi connectivity index (χ0v) is 20.0. The van der Waals surface area contributed by atoms with E-state index in [1.807, 2.05) is 31.4 Å². The topological polar surface area (TPSA) is 82.1 Å². The van der Waals surface area contributed by atoms with Crippen LogP contribution in [0.25, 0.3) is 16.8 Å². The molecule has 0 bridgehead atoms. The van der Waals surface area contributed by atoms with Crippen LogP contribution in [0.3, 0.4) is 0 Å². The lowest BCUT2D eigenvalue weighted by Gasteiger charge is -2.39. The van der Waals surface area contributed by atoms with Gasteiger partial charge in [-0.25, -0.2) is 21.9 Å². The molecule has 8 nitrogen and oxygen atoms in total. The van der Waals surface area contributed by atoms with E-state index in [1.165, 1.54) is 18.7 Å². The van der Waals surface area contributed by atoms with E-state index in [0.29, 0.717) is 11.4 Å². The van der Waals surface area contributed by atoms with Crippen molar-refractivity contribution < 1.29 is 17.2 Å². The molecule has 11 heteroatoms. The first-order valence-electron chi connectivity index (χ1n) is 10.6. The van der Waals surface area contributed by atoms with E-state index >= 15 is 0 Å². The summed E-state index contributed by atoms with van der Waals surface area (Å²) in [6.45, 7) is 3.09. The van der Waals surface area contributed by atoms with Crippen molar-refractivity contribution in [2.45, 2.75) is 37.9 Å². The Hall–Kier alpha value is -2.95. The maximum atomic E-state index is 13.4. The Bertz CT molecular complexity index is 1360. The molecule has 0 aliphatic heterocycles. The smallest absolute Gasteiger partial charge is 0.283 e. The quantitative estimate of drug-likeness (QED) is 0.544. The second-order valence-corrected chi connectivity index (χ2v) is 11.1. The Morgan fingerprint density at radius 1 is 1.21 bits per heavy atom. The van der Waals surface area contributed by atoms with E-state index < -0.39 is 45.5 Å². The largest absolute Gasteiger partial charge is 0.296 e. The molecule has 0 radical (unpaired) electrons. The fourth-order valence-corrected chi connectivity index (χ4v) is 6.04. The number of anilines is 1. The summed E-state index contributed by atoms with van der Waals surface area (Å²) in [5, 5.41) is 3.15. The van der Waals surface area contributed by atoms with Gasteiger partial charge in [0, 0.05) is 45.7 Å². The van der Waals surface area contributed by atoms with Gasteiger partial charge in [0.1, 0.15) is 5.69 Å². The van der Waals surface area contributed by atoms with Crippen LogP contribution < -0.4 is 9.86 Å². The van der Waals surface area contributed by atoms with E-state index in [-0.39, 0.29) is 5.69 Å². The molecule has 4 rings (SSSR count). The van der Waals surface area contributed by atoms with Gasteiger partial charge in [0.15, 0.2) is 0 Å². The fraction of sp³-hybridized carbons (Fsp3) is 0.455. The van der Waals surface area contributed by atoms with Gasteiger partial charge in [-0.3, -0.25) is 18.5 Å². The van der Waals surface area contributed by atoms with Crippen molar-refractivity contribution in [3.63, 3.8) is 0 Å². The third kappa shape index (κ3) is 3.88. The number of aromatic nitrogens is 4. The maximum Gasteiger partial charge on any atom is 0.296 e. The molecular weight excluding hydrogens is 452 g/mol. The lowest BCUT2D eigenvalue weighted by molar-refractivity contribution is -0.109. The maximum absolute atomic E-state index is 13.4. The van der Waals surface area contributed by atoms with E-state index in [4.69, 9.17) is 0 Å². The van der Waals surface area contributed by atoms with Crippen LogP contribution in [0.1, 0.15) is 25.5 Å². The van der Waals surface area contributed by atoms with Gasteiger partial charge in [-0.1, -0.05) is 12.1 Å². The second kappa shape index (κ2) is 7.82. The number of aryl methyl sites for hydroxylation is 1. The predicted octanol–water partition coefficient (Wildman–Crippen LogP) is 3.08. The normalized spacial score (nSPS) is 17.1. The molecule has 1 aliphatic carbocycles. The molecule has 0 saturated heterocycles. The summed E-state index contributed by atoms with van der Waals surface area (Å²) in [6, 6.07) is 7.30. The molecule has 3 aromatic rings. The third-order valence-electron chi connectivity index (χ3n) is 6.60.